The highest BCUT2D eigenvalue weighted by atomic mass is 16.5. The second kappa shape index (κ2) is 11.1. The summed E-state index contributed by atoms with van der Waals surface area (Å²) < 4.78 is 6.05. The first kappa shape index (κ1) is 22.2. The van der Waals surface area contributed by atoms with E-state index in [1.165, 1.54) is 16.7 Å². The number of nitrogens with one attached hydrogen (secondary N) is 2. The Balaban J connectivity index is 2.00. The molecule has 2 atom stereocenters. The maximum Gasteiger partial charge on any atom is 0.222 e. The molecule has 0 radical (unpaired) electrons. The van der Waals surface area contributed by atoms with Gasteiger partial charge in [-0.2, -0.15) is 0 Å². The zero-order chi connectivity index (χ0) is 20.5. The summed E-state index contributed by atoms with van der Waals surface area (Å²) >= 11 is 0. The molecule has 0 spiro atoms. The van der Waals surface area contributed by atoms with Crippen molar-refractivity contribution in [3.63, 3.8) is 0 Å². The molecule has 1 fully saturated rings. The summed E-state index contributed by atoms with van der Waals surface area (Å²) in [6.07, 6.45) is 1.38. The summed E-state index contributed by atoms with van der Waals surface area (Å²) in [7, 11) is 0. The van der Waals surface area contributed by atoms with Crippen LogP contribution in [0, 0.1) is 13.8 Å². The van der Waals surface area contributed by atoms with Gasteiger partial charge in [0.1, 0.15) is 6.10 Å². The predicted octanol–water partition coefficient (Wildman–Crippen LogP) is 2.95. The summed E-state index contributed by atoms with van der Waals surface area (Å²) in [5.41, 5.74) is 3.76. The highest BCUT2D eigenvalue weighted by Crippen LogP contribution is 2.25. The van der Waals surface area contributed by atoms with Crippen molar-refractivity contribution in [3.05, 3.63) is 34.9 Å². The number of hydrogen-bond donors (Lipinski definition) is 2. The molecule has 1 amide bonds. The summed E-state index contributed by atoms with van der Waals surface area (Å²) in [6, 6.07) is 6.72. The lowest BCUT2D eigenvalue weighted by molar-refractivity contribution is -0.121. The van der Waals surface area contributed by atoms with Crippen LogP contribution in [-0.4, -0.2) is 55.6 Å². The number of guanidine groups is 1. The van der Waals surface area contributed by atoms with Crippen LogP contribution in [0.5, 0.6) is 0 Å². The van der Waals surface area contributed by atoms with Crippen molar-refractivity contribution in [1.82, 2.24) is 15.5 Å². The van der Waals surface area contributed by atoms with Gasteiger partial charge in [0.2, 0.25) is 5.91 Å². The molecule has 6 heteroatoms. The molecule has 156 valence electrons. The fourth-order valence-electron chi connectivity index (χ4n) is 3.35. The maximum atomic E-state index is 12.0. The van der Waals surface area contributed by atoms with E-state index in [1.54, 1.807) is 0 Å². The third-order valence-corrected chi connectivity index (χ3v) is 5.09. The monoisotopic (exact) mass is 388 g/mol. The van der Waals surface area contributed by atoms with Gasteiger partial charge in [0, 0.05) is 25.6 Å². The SMILES string of the molecule is CCNC(=NCCC(=O)NC(C)CC)N1CCOC(c2ccc(C)cc2C)C1. The summed E-state index contributed by atoms with van der Waals surface area (Å²) in [4.78, 5) is 18.9. The van der Waals surface area contributed by atoms with Gasteiger partial charge in [-0.15, -0.1) is 0 Å². The van der Waals surface area contributed by atoms with E-state index < -0.39 is 0 Å². The highest BCUT2D eigenvalue weighted by molar-refractivity contribution is 5.81. The van der Waals surface area contributed by atoms with Gasteiger partial charge in [0.25, 0.3) is 0 Å². The zero-order valence-electron chi connectivity index (χ0n) is 18.0. The van der Waals surface area contributed by atoms with Crippen molar-refractivity contribution in [2.45, 2.75) is 59.6 Å². The van der Waals surface area contributed by atoms with Crippen LogP contribution in [-0.2, 0) is 9.53 Å². The molecule has 28 heavy (non-hydrogen) atoms. The van der Waals surface area contributed by atoms with Crippen LogP contribution in [0.1, 0.15) is 56.4 Å². The molecule has 0 aliphatic carbocycles. The van der Waals surface area contributed by atoms with Gasteiger partial charge >= 0.3 is 0 Å². The molecule has 1 heterocycles. The number of rotatable bonds is 7. The van der Waals surface area contributed by atoms with Crippen molar-refractivity contribution in [2.75, 3.05) is 32.8 Å². The molecule has 1 saturated heterocycles. The normalized spacial score (nSPS) is 18.7. The Hall–Kier alpha value is -2.08. The van der Waals surface area contributed by atoms with Gasteiger partial charge in [0.15, 0.2) is 5.96 Å². The quantitative estimate of drug-likeness (QED) is 0.557. The van der Waals surface area contributed by atoms with E-state index in [0.29, 0.717) is 19.6 Å². The second-order valence-corrected chi connectivity index (χ2v) is 7.53. The average molecular weight is 389 g/mol. The Bertz CT molecular complexity index is 675. The minimum absolute atomic E-state index is 0.0342. The molecule has 0 bridgehead atoms. The summed E-state index contributed by atoms with van der Waals surface area (Å²) in [5.74, 6) is 0.918. The molecule has 0 saturated carbocycles. The Kier molecular flexibility index (Phi) is 8.77. The van der Waals surface area contributed by atoms with Crippen LogP contribution in [0.15, 0.2) is 23.2 Å². The minimum atomic E-state index is 0.0342. The Morgan fingerprint density at radius 3 is 2.82 bits per heavy atom. The lowest BCUT2D eigenvalue weighted by Crippen LogP contribution is -2.48. The van der Waals surface area contributed by atoms with Gasteiger partial charge in [0.05, 0.1) is 19.7 Å². The maximum absolute atomic E-state index is 12.0. The van der Waals surface area contributed by atoms with Crippen LogP contribution in [0.2, 0.25) is 0 Å². The number of ether oxygens (including phenoxy) is 1. The first-order valence-electron chi connectivity index (χ1n) is 10.5. The van der Waals surface area contributed by atoms with Crippen LogP contribution < -0.4 is 10.6 Å². The van der Waals surface area contributed by atoms with Crippen LogP contribution in [0.3, 0.4) is 0 Å². The van der Waals surface area contributed by atoms with Crippen LogP contribution >= 0.6 is 0 Å². The third-order valence-electron chi connectivity index (χ3n) is 5.09. The van der Waals surface area contributed by atoms with Crippen molar-refractivity contribution in [3.8, 4) is 0 Å². The van der Waals surface area contributed by atoms with E-state index in [4.69, 9.17) is 4.74 Å². The molecule has 2 unspecified atom stereocenters. The topological polar surface area (TPSA) is 66.0 Å². The number of carbonyl (C=O) groups is 1. The molecule has 0 aromatic heterocycles. The smallest absolute Gasteiger partial charge is 0.222 e. The molecule has 2 rings (SSSR count). The summed E-state index contributed by atoms with van der Waals surface area (Å²) in [5, 5.41) is 6.35. The zero-order valence-corrected chi connectivity index (χ0v) is 18.0. The van der Waals surface area contributed by atoms with Crippen LogP contribution in [0.4, 0.5) is 0 Å². The first-order chi connectivity index (χ1) is 13.4. The van der Waals surface area contributed by atoms with Crippen molar-refractivity contribution in [1.29, 1.82) is 0 Å². The van der Waals surface area contributed by atoms with Crippen molar-refractivity contribution < 1.29 is 9.53 Å². The van der Waals surface area contributed by atoms with E-state index >= 15 is 0 Å². The second-order valence-electron chi connectivity index (χ2n) is 7.53. The highest BCUT2D eigenvalue weighted by Gasteiger charge is 2.25. The van der Waals surface area contributed by atoms with Gasteiger partial charge in [-0.25, -0.2) is 0 Å². The molecular formula is C22H36N4O2. The number of hydrogen-bond acceptors (Lipinski definition) is 3. The Morgan fingerprint density at radius 2 is 2.14 bits per heavy atom. The van der Waals surface area contributed by atoms with Crippen LogP contribution in [0.25, 0.3) is 0 Å². The third kappa shape index (κ3) is 6.51. The average Bonchev–Trinajstić information content (AvgIpc) is 2.67. The van der Waals surface area contributed by atoms with E-state index in [0.717, 1.165) is 32.0 Å². The molecular weight excluding hydrogens is 352 g/mol. The fourth-order valence-corrected chi connectivity index (χ4v) is 3.35. The number of aliphatic imine (C=N–C) groups is 1. The number of morpholine rings is 1. The van der Waals surface area contributed by atoms with E-state index in [1.807, 2.05) is 6.92 Å². The van der Waals surface area contributed by atoms with E-state index in [2.05, 4.69) is 66.4 Å². The molecule has 2 N–H and O–H groups in total. The van der Waals surface area contributed by atoms with E-state index in [9.17, 15) is 4.79 Å². The van der Waals surface area contributed by atoms with Gasteiger partial charge in [-0.1, -0.05) is 30.7 Å². The van der Waals surface area contributed by atoms with Crippen molar-refractivity contribution >= 4 is 11.9 Å². The standard InChI is InChI=1S/C22H36N4O2/c1-6-18(5)25-21(27)10-11-24-22(23-7-2)26-12-13-28-20(15-26)19-9-8-16(3)14-17(19)4/h8-9,14,18,20H,6-7,10-13,15H2,1-5H3,(H,23,24)(H,25,27). The van der Waals surface area contributed by atoms with E-state index in [-0.39, 0.29) is 18.1 Å². The number of amides is 1. The fraction of sp³-hybridized carbons (Fsp3) is 0.636. The largest absolute Gasteiger partial charge is 0.370 e. The number of benzene rings is 1. The van der Waals surface area contributed by atoms with Gasteiger partial charge < -0.3 is 20.3 Å². The molecule has 1 aromatic rings. The van der Waals surface area contributed by atoms with Gasteiger partial charge in [-0.3, -0.25) is 9.79 Å². The number of carbonyl (C=O) groups excluding carboxylic acids is 1. The molecule has 6 nitrogen and oxygen atoms in total. The molecule has 1 aromatic carbocycles. The lowest BCUT2D eigenvalue weighted by atomic mass is 10.00. The summed E-state index contributed by atoms with van der Waals surface area (Å²) in [6.45, 7) is 13.9. The Labute approximate surface area is 169 Å². The number of aryl methyl sites for hydroxylation is 2. The van der Waals surface area contributed by atoms with Gasteiger partial charge in [-0.05, 0) is 45.2 Å². The first-order valence-corrected chi connectivity index (χ1v) is 10.5. The Morgan fingerprint density at radius 1 is 1.36 bits per heavy atom. The van der Waals surface area contributed by atoms with Crippen molar-refractivity contribution in [2.24, 2.45) is 4.99 Å². The molecule has 1 aliphatic rings. The molecule has 1 aliphatic heterocycles. The number of nitrogens with zero attached hydrogens (tertiary/aromatic N) is 2. The lowest BCUT2D eigenvalue weighted by Gasteiger charge is -2.36. The predicted molar refractivity (Wildman–Crippen MR) is 115 cm³/mol. The minimum Gasteiger partial charge on any atom is -0.370 e.